The molecule has 92 valence electrons. The van der Waals surface area contributed by atoms with Crippen molar-refractivity contribution in [1.29, 1.82) is 0 Å². The summed E-state index contributed by atoms with van der Waals surface area (Å²) in [4.78, 5) is 11.1. The molecule has 0 N–H and O–H groups in total. The van der Waals surface area contributed by atoms with Crippen molar-refractivity contribution < 1.29 is 4.79 Å². The number of Topliss-reactive ketones (excluding diaryl/α,β-unsaturated/α-hetero) is 1. The van der Waals surface area contributed by atoms with Crippen molar-refractivity contribution in [3.8, 4) is 0 Å². The molecule has 16 heavy (non-hydrogen) atoms. The molecule has 1 nitrogen and oxygen atoms in total. The highest BCUT2D eigenvalue weighted by Crippen LogP contribution is 2.33. The molecule has 0 amide bonds. The number of rotatable bonds is 3. The van der Waals surface area contributed by atoms with Crippen LogP contribution < -0.4 is 0 Å². The van der Waals surface area contributed by atoms with Gasteiger partial charge in [0, 0.05) is 18.2 Å². The van der Waals surface area contributed by atoms with Crippen LogP contribution in [0.15, 0.2) is 0 Å². The first kappa shape index (κ1) is 12.4. The second-order valence-electron chi connectivity index (χ2n) is 5.68. The Balaban J connectivity index is 1.62. The molecule has 0 radical (unpaired) electrons. The second-order valence-corrected chi connectivity index (χ2v) is 6.29. The number of carbonyl (C=O) groups is 1. The van der Waals surface area contributed by atoms with Crippen molar-refractivity contribution in [1.82, 2.24) is 0 Å². The topological polar surface area (TPSA) is 17.1 Å². The summed E-state index contributed by atoms with van der Waals surface area (Å²) in [6.07, 6.45) is 11.8. The predicted octanol–water partition coefficient (Wildman–Crippen LogP) is 4.32. The lowest BCUT2D eigenvalue weighted by Crippen LogP contribution is -2.18. The summed E-state index contributed by atoms with van der Waals surface area (Å²) in [6, 6.07) is 0. The lowest BCUT2D eigenvalue weighted by Gasteiger charge is -2.27. The zero-order valence-electron chi connectivity index (χ0n) is 10.1. The third kappa shape index (κ3) is 3.76. The van der Waals surface area contributed by atoms with Gasteiger partial charge in [0.1, 0.15) is 5.78 Å². The van der Waals surface area contributed by atoms with Crippen LogP contribution in [0.3, 0.4) is 0 Å². The van der Waals surface area contributed by atoms with E-state index < -0.39 is 0 Å². The van der Waals surface area contributed by atoms with Gasteiger partial charge in [0.15, 0.2) is 0 Å². The molecule has 2 saturated carbocycles. The predicted molar refractivity (Wildman–Crippen MR) is 67.8 cm³/mol. The number of halogens is 1. The van der Waals surface area contributed by atoms with Gasteiger partial charge in [-0.3, -0.25) is 4.79 Å². The van der Waals surface area contributed by atoms with Gasteiger partial charge >= 0.3 is 0 Å². The normalized spacial score (nSPS) is 32.9. The van der Waals surface area contributed by atoms with Gasteiger partial charge in [0.2, 0.25) is 0 Å². The number of carbonyl (C=O) groups excluding carboxylic acids is 1. The van der Waals surface area contributed by atoms with Gasteiger partial charge in [-0.25, -0.2) is 0 Å². The van der Waals surface area contributed by atoms with Crippen LogP contribution in [0.4, 0.5) is 0 Å². The minimum atomic E-state index is 0.448. The third-order valence-electron chi connectivity index (χ3n) is 4.42. The van der Waals surface area contributed by atoms with E-state index in [1.54, 1.807) is 0 Å². The molecule has 0 aromatic rings. The van der Waals surface area contributed by atoms with Crippen molar-refractivity contribution in [2.75, 3.05) is 0 Å². The Bertz CT molecular complexity index is 221. The quantitative estimate of drug-likeness (QED) is 0.674. The smallest absolute Gasteiger partial charge is 0.132 e. The molecule has 0 saturated heterocycles. The maximum Gasteiger partial charge on any atom is 0.132 e. The minimum absolute atomic E-state index is 0.448. The summed E-state index contributed by atoms with van der Waals surface area (Å²) in [5.41, 5.74) is 0. The van der Waals surface area contributed by atoms with E-state index in [4.69, 9.17) is 11.6 Å². The molecule has 0 bridgehead atoms. The van der Waals surface area contributed by atoms with Gasteiger partial charge in [-0.05, 0) is 50.4 Å². The van der Waals surface area contributed by atoms with Crippen molar-refractivity contribution in [2.45, 2.75) is 69.6 Å². The summed E-state index contributed by atoms with van der Waals surface area (Å²) in [6.45, 7) is 0. The molecule has 0 aromatic heterocycles. The fourth-order valence-electron chi connectivity index (χ4n) is 3.17. The highest BCUT2D eigenvalue weighted by atomic mass is 35.5. The molecule has 2 aliphatic rings. The van der Waals surface area contributed by atoms with Crippen LogP contribution in [0.2, 0.25) is 0 Å². The molecular weight excluding hydrogens is 220 g/mol. The van der Waals surface area contributed by atoms with E-state index in [1.165, 1.54) is 38.5 Å². The fourth-order valence-corrected chi connectivity index (χ4v) is 3.42. The first-order chi connectivity index (χ1) is 7.74. The Kier molecular flexibility index (Phi) is 4.69. The summed E-state index contributed by atoms with van der Waals surface area (Å²) in [5, 5.41) is 0.448. The Labute approximate surface area is 104 Å². The second kappa shape index (κ2) is 6.05. The van der Waals surface area contributed by atoms with Crippen LogP contribution in [-0.4, -0.2) is 11.2 Å². The van der Waals surface area contributed by atoms with Crippen molar-refractivity contribution in [3.63, 3.8) is 0 Å². The third-order valence-corrected chi connectivity index (χ3v) is 4.86. The van der Waals surface area contributed by atoms with Gasteiger partial charge in [-0.1, -0.05) is 12.8 Å². The summed E-state index contributed by atoms with van der Waals surface area (Å²) < 4.78 is 0. The molecule has 2 rings (SSSR count). The largest absolute Gasteiger partial charge is 0.300 e. The standard InChI is InChI=1S/C14H23ClO/c15-13-7-3-11(4-8-13)1-2-12-5-9-14(16)10-6-12/h11-13H,1-10H2. The van der Waals surface area contributed by atoms with Crippen LogP contribution >= 0.6 is 11.6 Å². The summed E-state index contributed by atoms with van der Waals surface area (Å²) in [7, 11) is 0. The first-order valence-corrected chi connectivity index (χ1v) is 7.33. The summed E-state index contributed by atoms with van der Waals surface area (Å²) in [5.74, 6) is 2.25. The Morgan fingerprint density at radius 3 is 1.94 bits per heavy atom. The number of hydrogen-bond donors (Lipinski definition) is 0. The van der Waals surface area contributed by atoms with Crippen LogP contribution in [-0.2, 0) is 4.79 Å². The van der Waals surface area contributed by atoms with E-state index in [0.717, 1.165) is 37.5 Å². The molecular formula is C14H23ClO. The van der Waals surface area contributed by atoms with Gasteiger partial charge in [-0.2, -0.15) is 0 Å². The number of hydrogen-bond acceptors (Lipinski definition) is 1. The molecule has 2 aliphatic carbocycles. The molecule has 0 aliphatic heterocycles. The average Bonchev–Trinajstić information content (AvgIpc) is 2.30. The van der Waals surface area contributed by atoms with Crippen LogP contribution in [0.5, 0.6) is 0 Å². The maximum atomic E-state index is 11.1. The summed E-state index contributed by atoms with van der Waals surface area (Å²) >= 11 is 6.11. The van der Waals surface area contributed by atoms with Gasteiger partial charge in [-0.15, -0.1) is 11.6 Å². The lowest BCUT2D eigenvalue weighted by atomic mass is 9.80. The van der Waals surface area contributed by atoms with E-state index in [1.807, 2.05) is 0 Å². The van der Waals surface area contributed by atoms with E-state index >= 15 is 0 Å². The van der Waals surface area contributed by atoms with Crippen molar-refractivity contribution in [3.05, 3.63) is 0 Å². The maximum absolute atomic E-state index is 11.1. The Morgan fingerprint density at radius 2 is 1.38 bits per heavy atom. The minimum Gasteiger partial charge on any atom is -0.300 e. The molecule has 0 unspecified atom stereocenters. The highest BCUT2D eigenvalue weighted by molar-refractivity contribution is 6.20. The van der Waals surface area contributed by atoms with Crippen LogP contribution in [0.25, 0.3) is 0 Å². The van der Waals surface area contributed by atoms with Gasteiger partial charge in [0.25, 0.3) is 0 Å². The average molecular weight is 243 g/mol. The molecule has 0 heterocycles. The zero-order valence-corrected chi connectivity index (χ0v) is 10.8. The molecule has 2 heteroatoms. The fraction of sp³-hybridized carbons (Fsp3) is 0.929. The zero-order chi connectivity index (χ0) is 11.4. The van der Waals surface area contributed by atoms with E-state index in [0.29, 0.717) is 11.2 Å². The molecule has 2 fully saturated rings. The SMILES string of the molecule is O=C1CCC(CCC2CCC(Cl)CC2)CC1. The Hall–Kier alpha value is -0.0400. The van der Waals surface area contributed by atoms with Crippen LogP contribution in [0.1, 0.15) is 64.2 Å². The Morgan fingerprint density at radius 1 is 0.875 bits per heavy atom. The monoisotopic (exact) mass is 242 g/mol. The van der Waals surface area contributed by atoms with Gasteiger partial charge in [0.05, 0.1) is 0 Å². The molecule has 0 atom stereocenters. The first-order valence-electron chi connectivity index (χ1n) is 6.90. The van der Waals surface area contributed by atoms with Crippen molar-refractivity contribution >= 4 is 17.4 Å². The van der Waals surface area contributed by atoms with E-state index in [2.05, 4.69) is 0 Å². The number of ketones is 1. The number of alkyl halides is 1. The van der Waals surface area contributed by atoms with Crippen LogP contribution in [0, 0.1) is 11.8 Å². The van der Waals surface area contributed by atoms with Gasteiger partial charge < -0.3 is 0 Å². The lowest BCUT2D eigenvalue weighted by molar-refractivity contribution is -0.121. The van der Waals surface area contributed by atoms with E-state index in [9.17, 15) is 4.79 Å². The van der Waals surface area contributed by atoms with E-state index in [-0.39, 0.29) is 0 Å². The highest BCUT2D eigenvalue weighted by Gasteiger charge is 2.22. The molecule has 0 spiro atoms. The van der Waals surface area contributed by atoms with Crippen molar-refractivity contribution in [2.24, 2.45) is 11.8 Å². The molecule has 0 aromatic carbocycles.